The Morgan fingerprint density at radius 1 is 1.03 bits per heavy atom. The third kappa shape index (κ3) is 6.36. The van der Waals surface area contributed by atoms with E-state index >= 15 is 0 Å². The van der Waals surface area contributed by atoms with Gasteiger partial charge in [-0.1, -0.05) is 48.0 Å². The molecule has 1 heterocycles. The summed E-state index contributed by atoms with van der Waals surface area (Å²) < 4.78 is 14.0. The zero-order valence-corrected chi connectivity index (χ0v) is 17.9. The average molecular weight is 432 g/mol. The lowest BCUT2D eigenvalue weighted by atomic mass is 10.0. The van der Waals surface area contributed by atoms with E-state index in [1.165, 1.54) is 13.0 Å². The summed E-state index contributed by atoms with van der Waals surface area (Å²) in [6.07, 6.45) is 0.485. The third-order valence-electron chi connectivity index (χ3n) is 5.38. The predicted molar refractivity (Wildman–Crippen MR) is 116 cm³/mol. The fourth-order valence-electron chi connectivity index (χ4n) is 3.60. The highest BCUT2D eigenvalue weighted by molar-refractivity contribution is 6.31. The van der Waals surface area contributed by atoms with Gasteiger partial charge in [0.1, 0.15) is 5.82 Å². The number of carbonyl (C=O) groups excluding carboxylic acids is 2. The van der Waals surface area contributed by atoms with Gasteiger partial charge < -0.3 is 5.32 Å². The lowest BCUT2D eigenvalue weighted by Crippen LogP contribution is -2.51. The molecule has 1 aliphatic heterocycles. The maximum atomic E-state index is 14.0. The minimum Gasteiger partial charge on any atom is -0.345 e. The zero-order valence-electron chi connectivity index (χ0n) is 17.1. The molecule has 1 amide bonds. The molecule has 1 N–H and O–H groups in total. The van der Waals surface area contributed by atoms with E-state index < -0.39 is 6.04 Å². The van der Waals surface area contributed by atoms with Gasteiger partial charge in [-0.2, -0.15) is 0 Å². The lowest BCUT2D eigenvalue weighted by Gasteiger charge is -2.34. The molecule has 1 aliphatic rings. The summed E-state index contributed by atoms with van der Waals surface area (Å²) in [4.78, 5) is 28.6. The van der Waals surface area contributed by atoms with Gasteiger partial charge in [-0.3, -0.25) is 19.4 Å². The van der Waals surface area contributed by atoms with Gasteiger partial charge in [0.2, 0.25) is 5.91 Å². The minimum absolute atomic E-state index is 0.0567. The first kappa shape index (κ1) is 22.4. The van der Waals surface area contributed by atoms with Crippen LogP contribution in [0.2, 0.25) is 5.02 Å². The predicted octanol–water partition coefficient (Wildman–Crippen LogP) is 2.91. The molecule has 1 fully saturated rings. The second-order valence-electron chi connectivity index (χ2n) is 7.67. The van der Waals surface area contributed by atoms with E-state index in [-0.39, 0.29) is 24.1 Å². The number of hydrogen-bond acceptors (Lipinski definition) is 4. The lowest BCUT2D eigenvalue weighted by molar-refractivity contribution is -0.127. The molecule has 7 heteroatoms. The number of nitrogens with zero attached hydrogens (tertiary/aromatic N) is 2. The van der Waals surface area contributed by atoms with Gasteiger partial charge >= 0.3 is 0 Å². The van der Waals surface area contributed by atoms with Gasteiger partial charge in [0.05, 0.1) is 12.6 Å². The van der Waals surface area contributed by atoms with Crippen molar-refractivity contribution in [3.05, 3.63) is 70.5 Å². The standard InChI is InChI=1S/C23H27ClFN3O2/c1-17(29)22(14-18-6-3-2-4-7-18)26-23(30)16-28-12-10-27(11-13-28)15-19-20(24)8-5-9-21(19)25/h2-9,22H,10-16H2,1H3,(H,26,30)/t22-/m0/s1. The molecule has 5 nitrogen and oxygen atoms in total. The Kier molecular flexibility index (Phi) is 7.96. The van der Waals surface area contributed by atoms with Gasteiger partial charge in [0.25, 0.3) is 0 Å². The summed E-state index contributed by atoms with van der Waals surface area (Å²) in [6, 6.07) is 13.8. The first-order chi connectivity index (χ1) is 14.4. The van der Waals surface area contributed by atoms with Crippen LogP contribution in [0.5, 0.6) is 0 Å². The summed E-state index contributed by atoms with van der Waals surface area (Å²) in [7, 11) is 0. The van der Waals surface area contributed by atoms with Gasteiger partial charge in [0, 0.05) is 43.3 Å². The van der Waals surface area contributed by atoms with Gasteiger partial charge in [0.15, 0.2) is 5.78 Å². The fraction of sp³-hybridized carbons (Fsp3) is 0.391. The smallest absolute Gasteiger partial charge is 0.234 e. The highest BCUT2D eigenvalue weighted by Gasteiger charge is 2.23. The third-order valence-corrected chi connectivity index (χ3v) is 5.74. The SMILES string of the molecule is CC(=O)[C@H](Cc1ccccc1)NC(=O)CN1CCN(Cc2c(F)cccc2Cl)CC1. The molecule has 0 spiro atoms. The van der Waals surface area contributed by atoms with Crippen LogP contribution in [-0.2, 0) is 22.6 Å². The fourth-order valence-corrected chi connectivity index (χ4v) is 3.82. The van der Waals surface area contributed by atoms with Crippen LogP contribution >= 0.6 is 11.6 Å². The Bertz CT molecular complexity index is 850. The molecule has 3 rings (SSSR count). The largest absolute Gasteiger partial charge is 0.345 e. The second kappa shape index (κ2) is 10.7. The molecule has 30 heavy (non-hydrogen) atoms. The van der Waals surface area contributed by atoms with Crippen LogP contribution in [0.15, 0.2) is 48.5 Å². The van der Waals surface area contributed by atoms with Gasteiger partial charge in [-0.05, 0) is 31.0 Å². The van der Waals surface area contributed by atoms with Crippen molar-refractivity contribution in [2.75, 3.05) is 32.7 Å². The van der Waals surface area contributed by atoms with Crippen molar-refractivity contribution in [3.8, 4) is 0 Å². The number of nitrogens with one attached hydrogen (secondary N) is 1. The molecule has 1 saturated heterocycles. The van der Waals surface area contributed by atoms with Gasteiger partial charge in [-0.15, -0.1) is 0 Å². The van der Waals surface area contributed by atoms with E-state index in [9.17, 15) is 14.0 Å². The molecule has 0 aromatic heterocycles. The summed E-state index contributed by atoms with van der Waals surface area (Å²) in [5.41, 5.74) is 1.52. The van der Waals surface area contributed by atoms with Crippen molar-refractivity contribution in [2.45, 2.75) is 25.9 Å². The molecular formula is C23H27ClFN3O2. The molecule has 0 aliphatic carbocycles. The van der Waals surface area contributed by atoms with E-state index in [0.29, 0.717) is 36.6 Å². The van der Waals surface area contributed by atoms with Crippen LogP contribution in [0.4, 0.5) is 4.39 Å². The molecule has 0 unspecified atom stereocenters. The van der Waals surface area contributed by atoms with Crippen molar-refractivity contribution >= 4 is 23.3 Å². The number of benzene rings is 2. The Morgan fingerprint density at radius 2 is 1.70 bits per heavy atom. The number of ketones is 1. The number of hydrogen-bond donors (Lipinski definition) is 1. The van der Waals surface area contributed by atoms with E-state index in [4.69, 9.17) is 11.6 Å². The molecule has 2 aromatic rings. The van der Waals surface area contributed by atoms with Crippen molar-refractivity contribution in [1.82, 2.24) is 15.1 Å². The summed E-state index contributed by atoms with van der Waals surface area (Å²) in [5.74, 6) is -0.506. The van der Waals surface area contributed by atoms with Crippen LogP contribution < -0.4 is 5.32 Å². The number of amides is 1. The Labute approximate surface area is 181 Å². The van der Waals surface area contributed by atoms with Crippen molar-refractivity contribution in [1.29, 1.82) is 0 Å². The van der Waals surface area contributed by atoms with E-state index in [0.717, 1.165) is 18.7 Å². The molecule has 160 valence electrons. The summed E-state index contributed by atoms with van der Waals surface area (Å²) in [5, 5.41) is 3.30. The van der Waals surface area contributed by atoms with E-state index in [1.54, 1.807) is 12.1 Å². The molecule has 1 atom stereocenters. The highest BCUT2D eigenvalue weighted by atomic mass is 35.5. The molecule has 0 bridgehead atoms. The number of Topliss-reactive ketones (excluding diaryl/α,β-unsaturated/α-hetero) is 1. The maximum Gasteiger partial charge on any atom is 0.234 e. The van der Waals surface area contributed by atoms with E-state index in [2.05, 4.69) is 15.1 Å². The topological polar surface area (TPSA) is 52.7 Å². The minimum atomic E-state index is -0.524. The average Bonchev–Trinajstić information content (AvgIpc) is 2.72. The monoisotopic (exact) mass is 431 g/mol. The molecule has 0 radical (unpaired) electrons. The first-order valence-electron chi connectivity index (χ1n) is 10.1. The zero-order chi connectivity index (χ0) is 21.5. The van der Waals surface area contributed by atoms with Gasteiger partial charge in [-0.25, -0.2) is 4.39 Å². The Morgan fingerprint density at radius 3 is 2.33 bits per heavy atom. The molecular weight excluding hydrogens is 405 g/mol. The summed E-state index contributed by atoms with van der Waals surface area (Å²) >= 11 is 6.12. The van der Waals surface area contributed by atoms with Crippen LogP contribution in [0.1, 0.15) is 18.1 Å². The number of piperazine rings is 1. The Balaban J connectivity index is 1.47. The first-order valence-corrected chi connectivity index (χ1v) is 10.5. The van der Waals surface area contributed by atoms with Crippen LogP contribution in [0.25, 0.3) is 0 Å². The number of halogens is 2. The normalized spacial score (nSPS) is 16.2. The van der Waals surface area contributed by atoms with Crippen molar-refractivity contribution in [2.24, 2.45) is 0 Å². The van der Waals surface area contributed by atoms with Crippen LogP contribution in [0, 0.1) is 5.82 Å². The quantitative estimate of drug-likeness (QED) is 0.698. The number of rotatable bonds is 8. The molecule has 2 aromatic carbocycles. The maximum absolute atomic E-state index is 14.0. The second-order valence-corrected chi connectivity index (χ2v) is 8.08. The molecule has 0 saturated carbocycles. The summed E-state index contributed by atoms with van der Waals surface area (Å²) in [6.45, 7) is 5.03. The van der Waals surface area contributed by atoms with Crippen molar-refractivity contribution < 1.29 is 14.0 Å². The van der Waals surface area contributed by atoms with E-state index in [1.807, 2.05) is 30.3 Å². The van der Waals surface area contributed by atoms with Crippen molar-refractivity contribution in [3.63, 3.8) is 0 Å². The number of carbonyl (C=O) groups is 2. The highest BCUT2D eigenvalue weighted by Crippen LogP contribution is 2.21. The Hall–Kier alpha value is -2.28. The van der Waals surface area contributed by atoms with Crippen LogP contribution in [0.3, 0.4) is 0 Å². The van der Waals surface area contributed by atoms with Crippen LogP contribution in [-0.4, -0.2) is 60.3 Å².